The minimum absolute atomic E-state index is 0. The van der Waals surface area contributed by atoms with Gasteiger partial charge in [-0.15, -0.1) is 0 Å². The number of quaternary nitrogens is 1. The summed E-state index contributed by atoms with van der Waals surface area (Å²) in [6.45, 7) is 3.25. The normalized spacial score (nSPS) is 13.0. The van der Waals surface area contributed by atoms with Gasteiger partial charge in [0.2, 0.25) is 0 Å². The van der Waals surface area contributed by atoms with Crippen LogP contribution in [0.3, 0.4) is 0 Å². The molecular formula is C21H43NO4. The number of carbonyl (C=O) groups excluding carboxylic acids is 2. The maximum atomic E-state index is 11.6. The van der Waals surface area contributed by atoms with Crippen molar-refractivity contribution in [1.29, 1.82) is 0 Å². The lowest BCUT2D eigenvalue weighted by Gasteiger charge is -2.22. The van der Waals surface area contributed by atoms with Gasteiger partial charge in [-0.2, -0.15) is 0 Å². The number of aliphatic carboxylic acids is 1. The van der Waals surface area contributed by atoms with Crippen molar-refractivity contribution in [2.75, 3.05) is 0 Å². The fourth-order valence-corrected chi connectivity index (χ4v) is 3.01. The Morgan fingerprint density at radius 2 is 1.04 bits per heavy atom. The maximum absolute atomic E-state index is 11.6. The average molecular weight is 374 g/mol. The molecule has 0 aliphatic carbocycles. The smallest absolute Gasteiger partial charge is 0.169 e. The first-order valence-corrected chi connectivity index (χ1v) is 10.4. The van der Waals surface area contributed by atoms with Crippen LogP contribution in [0, 0.1) is 0 Å². The highest BCUT2D eigenvalue weighted by Crippen LogP contribution is 2.15. The maximum Gasteiger partial charge on any atom is 0.169 e. The lowest BCUT2D eigenvalue weighted by atomic mass is 9.96. The first-order chi connectivity index (χ1) is 11.9. The number of unbranched alkanes of at least 4 members (excludes halogenated alkanes) is 14. The number of rotatable bonds is 18. The predicted octanol–water partition coefficient (Wildman–Crippen LogP) is 4.69. The van der Waals surface area contributed by atoms with E-state index in [9.17, 15) is 19.8 Å². The molecule has 0 bridgehead atoms. The summed E-state index contributed by atoms with van der Waals surface area (Å²) in [5.41, 5.74) is -2.34. The topological polar surface area (TPSA) is 114 Å². The molecule has 1 atom stereocenters. The fraction of sp³-hybridized carbons (Fsp3) is 0.905. The Balaban J connectivity index is 0. The third kappa shape index (κ3) is 14.3. The minimum Gasteiger partial charge on any atom is -0.547 e. The summed E-state index contributed by atoms with van der Waals surface area (Å²) in [7, 11) is 0. The second-order valence-electron chi connectivity index (χ2n) is 7.48. The molecular weight excluding hydrogens is 330 g/mol. The third-order valence-corrected chi connectivity index (χ3v) is 4.95. The Morgan fingerprint density at radius 3 is 1.35 bits per heavy atom. The summed E-state index contributed by atoms with van der Waals surface area (Å²) in [4.78, 5) is 22.2. The Morgan fingerprint density at radius 1 is 0.731 bits per heavy atom. The molecule has 0 radical (unpaired) electrons. The molecule has 0 spiro atoms. The summed E-state index contributed by atoms with van der Waals surface area (Å²) in [5.74, 6) is -2.36. The van der Waals surface area contributed by atoms with Crippen molar-refractivity contribution in [2.45, 2.75) is 122 Å². The van der Waals surface area contributed by atoms with Crippen molar-refractivity contribution in [1.82, 2.24) is 6.15 Å². The van der Waals surface area contributed by atoms with Crippen LogP contribution in [-0.4, -0.2) is 22.5 Å². The summed E-state index contributed by atoms with van der Waals surface area (Å²) < 4.78 is 0. The number of carboxylic acid groups (broad SMARTS) is 1. The van der Waals surface area contributed by atoms with Gasteiger partial charge in [0.05, 0.1) is 5.97 Å². The molecule has 0 fully saturated rings. The molecule has 5 nitrogen and oxygen atoms in total. The van der Waals surface area contributed by atoms with Crippen LogP contribution >= 0.6 is 0 Å². The summed E-state index contributed by atoms with van der Waals surface area (Å²) in [6, 6.07) is 0. The second-order valence-corrected chi connectivity index (χ2v) is 7.48. The highest BCUT2D eigenvalue weighted by atomic mass is 16.4. The molecule has 5 N–H and O–H groups in total. The Hall–Kier alpha value is -0.940. The summed E-state index contributed by atoms with van der Waals surface area (Å²) >= 11 is 0. The van der Waals surface area contributed by atoms with E-state index in [4.69, 9.17) is 0 Å². The van der Waals surface area contributed by atoms with Crippen molar-refractivity contribution in [3.63, 3.8) is 0 Å². The van der Waals surface area contributed by atoms with Gasteiger partial charge in [0.25, 0.3) is 0 Å². The van der Waals surface area contributed by atoms with Crippen LogP contribution in [0.1, 0.15) is 117 Å². The van der Waals surface area contributed by atoms with Crippen molar-refractivity contribution < 1.29 is 19.8 Å². The molecule has 0 aliphatic heterocycles. The van der Waals surface area contributed by atoms with Crippen molar-refractivity contribution in [3.05, 3.63) is 0 Å². The zero-order valence-corrected chi connectivity index (χ0v) is 17.5. The van der Waals surface area contributed by atoms with Gasteiger partial charge in [-0.3, -0.25) is 4.79 Å². The Labute approximate surface area is 160 Å². The van der Waals surface area contributed by atoms with Gasteiger partial charge >= 0.3 is 0 Å². The van der Waals surface area contributed by atoms with Crippen LogP contribution in [0.15, 0.2) is 0 Å². The number of carboxylic acids is 1. The van der Waals surface area contributed by atoms with Crippen LogP contribution in [0.4, 0.5) is 0 Å². The van der Waals surface area contributed by atoms with E-state index in [1.165, 1.54) is 77.0 Å². The zero-order valence-electron chi connectivity index (χ0n) is 17.5. The minimum atomic E-state index is -2.34. The molecule has 0 aromatic heterocycles. The molecule has 5 heteroatoms. The van der Waals surface area contributed by atoms with Crippen LogP contribution in [0.25, 0.3) is 0 Å². The van der Waals surface area contributed by atoms with E-state index < -0.39 is 17.4 Å². The molecule has 0 saturated carbocycles. The number of Topliss-reactive ketones (excluding diaryl/α,β-unsaturated/α-hetero) is 1. The van der Waals surface area contributed by atoms with Crippen LogP contribution in [0.2, 0.25) is 0 Å². The SMILES string of the molecule is CCCCCCCCCCCCCCCCCC(=O)C(C)(O)C(=O)[O-].[NH4+]. The Bertz CT molecular complexity index is 356. The fourth-order valence-electron chi connectivity index (χ4n) is 3.01. The van der Waals surface area contributed by atoms with Crippen LogP contribution in [-0.2, 0) is 9.59 Å². The van der Waals surface area contributed by atoms with E-state index in [0.29, 0.717) is 6.42 Å². The molecule has 0 rings (SSSR count). The molecule has 0 aliphatic rings. The summed E-state index contributed by atoms with van der Waals surface area (Å²) in [5, 5.41) is 20.1. The van der Waals surface area contributed by atoms with Crippen molar-refractivity contribution >= 4 is 11.8 Å². The second kappa shape index (κ2) is 17.5. The average Bonchev–Trinajstić information content (AvgIpc) is 2.57. The highest BCUT2D eigenvalue weighted by molar-refractivity contribution is 6.04. The highest BCUT2D eigenvalue weighted by Gasteiger charge is 2.30. The van der Waals surface area contributed by atoms with E-state index in [1.807, 2.05) is 0 Å². The first-order valence-electron chi connectivity index (χ1n) is 10.4. The van der Waals surface area contributed by atoms with E-state index in [1.54, 1.807) is 0 Å². The van der Waals surface area contributed by atoms with Crippen molar-refractivity contribution in [2.24, 2.45) is 0 Å². The lowest BCUT2D eigenvalue weighted by Crippen LogP contribution is -2.51. The quantitative estimate of drug-likeness (QED) is 0.268. The molecule has 0 aromatic rings. The summed E-state index contributed by atoms with van der Waals surface area (Å²) in [6.07, 6.45) is 18.7. The Kier molecular flexibility index (Phi) is 18.3. The number of hydrogen-bond acceptors (Lipinski definition) is 4. The van der Waals surface area contributed by atoms with Gasteiger partial charge in [-0.05, 0) is 13.3 Å². The van der Waals surface area contributed by atoms with Crippen LogP contribution in [0.5, 0.6) is 0 Å². The largest absolute Gasteiger partial charge is 0.547 e. The monoisotopic (exact) mass is 373 g/mol. The molecule has 0 amide bonds. The van der Waals surface area contributed by atoms with Gasteiger partial charge in [0.1, 0.15) is 0 Å². The number of ketones is 1. The van der Waals surface area contributed by atoms with E-state index in [-0.39, 0.29) is 12.6 Å². The molecule has 156 valence electrons. The van der Waals surface area contributed by atoms with Gasteiger partial charge in [-0.1, -0.05) is 96.8 Å². The third-order valence-electron chi connectivity index (χ3n) is 4.95. The van der Waals surface area contributed by atoms with Gasteiger partial charge < -0.3 is 21.2 Å². The number of aliphatic hydroxyl groups is 1. The molecule has 0 heterocycles. The predicted molar refractivity (Wildman–Crippen MR) is 106 cm³/mol. The molecule has 0 saturated heterocycles. The molecule has 0 aromatic carbocycles. The van der Waals surface area contributed by atoms with Crippen molar-refractivity contribution in [3.8, 4) is 0 Å². The number of hydrogen-bond donors (Lipinski definition) is 2. The zero-order chi connectivity index (χ0) is 19.0. The van der Waals surface area contributed by atoms with Gasteiger partial charge in [0.15, 0.2) is 11.4 Å². The van der Waals surface area contributed by atoms with E-state index in [2.05, 4.69) is 6.92 Å². The van der Waals surface area contributed by atoms with Gasteiger partial charge in [0, 0.05) is 6.42 Å². The van der Waals surface area contributed by atoms with E-state index >= 15 is 0 Å². The lowest BCUT2D eigenvalue weighted by molar-refractivity contribution is -0.320. The van der Waals surface area contributed by atoms with E-state index in [0.717, 1.165) is 19.8 Å². The molecule has 1 unspecified atom stereocenters. The first kappa shape index (κ1) is 27.3. The molecule has 26 heavy (non-hydrogen) atoms. The van der Waals surface area contributed by atoms with Crippen LogP contribution < -0.4 is 11.3 Å². The number of carbonyl (C=O) groups is 2. The standard InChI is InChI=1S/C21H40O4.H3N/c1-3-4-5-6-7-8-9-10-11-12-13-14-15-16-17-18-19(22)21(2,25)20(23)24;/h25H,3-18H2,1-2H3,(H,23,24);1H3. The van der Waals surface area contributed by atoms with Gasteiger partial charge in [-0.25, -0.2) is 0 Å².